The summed E-state index contributed by atoms with van der Waals surface area (Å²) in [4.78, 5) is 95.3. The van der Waals surface area contributed by atoms with Crippen LogP contribution in [-0.4, -0.2) is 304 Å². The molecule has 5 aromatic heterocycles. The zero-order chi connectivity index (χ0) is 97.2. The van der Waals surface area contributed by atoms with Gasteiger partial charge in [0.2, 0.25) is 4.77 Å². The molecule has 5 amide bonds. The summed E-state index contributed by atoms with van der Waals surface area (Å²) in [5, 5.41) is 30.2. The van der Waals surface area contributed by atoms with E-state index < -0.39 is 22.5 Å². The van der Waals surface area contributed by atoms with Crippen LogP contribution in [0.2, 0.25) is 0 Å². The van der Waals surface area contributed by atoms with Gasteiger partial charge in [-0.15, -0.1) is 0 Å². The number of para-hydroxylation sites is 4. The monoisotopic (exact) mass is 1980 g/mol. The van der Waals surface area contributed by atoms with Crippen molar-refractivity contribution >= 4 is 158 Å². The van der Waals surface area contributed by atoms with E-state index in [0.717, 1.165) is 192 Å². The number of ether oxygens (including phenoxy) is 10. The van der Waals surface area contributed by atoms with Crippen molar-refractivity contribution < 1.29 is 76.1 Å². The zero-order valence-electron chi connectivity index (χ0n) is 78.3. The van der Waals surface area contributed by atoms with E-state index in [2.05, 4.69) is 104 Å². The van der Waals surface area contributed by atoms with Crippen molar-refractivity contribution in [1.29, 1.82) is 5.26 Å². The molecule has 135 heavy (non-hydrogen) atoms. The summed E-state index contributed by atoms with van der Waals surface area (Å²) in [6.07, 6.45) is 6.34. The maximum atomic E-state index is 13.1. The molecule has 35 nitrogen and oxygen atoms in total. The predicted octanol–water partition coefficient (Wildman–Crippen LogP) is 12.6. The van der Waals surface area contributed by atoms with Crippen molar-refractivity contribution in [3.8, 4) is 29.1 Å². The number of aromatic nitrogens is 6. The average Bonchev–Trinajstić information content (AvgIpc) is 1.72. The number of fused-ring (bicyclic) bond motifs is 5. The van der Waals surface area contributed by atoms with Crippen molar-refractivity contribution in [2.75, 3.05) is 210 Å². The largest absolute Gasteiger partial charge is 0.493 e. The van der Waals surface area contributed by atoms with Crippen LogP contribution in [0.5, 0.6) is 23.0 Å². The fourth-order valence-electron chi connectivity index (χ4n) is 14.6. The number of rotatable bonds is 28. The number of hydrogen-bond donors (Lipinski definition) is 9. The van der Waals surface area contributed by atoms with Gasteiger partial charge in [-0.2, -0.15) is 10.3 Å². The molecule has 0 spiro atoms. The number of aliphatic imine (C=N–C) groups is 1. The van der Waals surface area contributed by atoms with E-state index in [4.69, 9.17) is 87.9 Å². The Kier molecular flexibility index (Phi) is 43.9. The van der Waals surface area contributed by atoms with Crippen LogP contribution in [0.25, 0.3) is 54.5 Å². The summed E-state index contributed by atoms with van der Waals surface area (Å²) in [5.41, 5.74) is 18.8. The van der Waals surface area contributed by atoms with Crippen LogP contribution in [0.1, 0.15) is 88.5 Å². The highest BCUT2D eigenvalue weighted by Gasteiger charge is 2.24. The van der Waals surface area contributed by atoms with Gasteiger partial charge in [-0.3, -0.25) is 38.8 Å². The normalized spacial score (nSPS) is 14.0. The van der Waals surface area contributed by atoms with Crippen LogP contribution in [-0.2, 0) is 48.1 Å². The summed E-state index contributed by atoms with van der Waals surface area (Å²) in [6, 6.07) is 39.8. The number of nitrogen functional groups attached to an aromatic ring is 1. The van der Waals surface area contributed by atoms with Gasteiger partial charge in [0.1, 0.15) is 23.1 Å². The Balaban J connectivity index is 0.000000188. The number of thiocarbonyl (C=S) groups is 1. The smallest absolute Gasteiger partial charge is 0.407 e. The van der Waals surface area contributed by atoms with Gasteiger partial charge >= 0.3 is 12.2 Å². The van der Waals surface area contributed by atoms with Gasteiger partial charge in [-0.1, -0.05) is 88.7 Å². The number of alkyl carbamates (subject to hydrolysis) is 2. The van der Waals surface area contributed by atoms with E-state index in [-0.39, 0.29) is 23.8 Å². The van der Waals surface area contributed by atoms with Gasteiger partial charge in [0, 0.05) is 235 Å². The van der Waals surface area contributed by atoms with Crippen molar-refractivity contribution in [2.24, 2.45) is 10.7 Å². The van der Waals surface area contributed by atoms with Crippen LogP contribution in [0, 0.1) is 16.1 Å². The second-order valence-corrected chi connectivity index (χ2v) is 34.6. The van der Waals surface area contributed by atoms with Crippen molar-refractivity contribution in [2.45, 2.75) is 72.4 Å². The second-order valence-electron chi connectivity index (χ2n) is 32.9. The molecule has 0 radical (unpaired) electrons. The van der Waals surface area contributed by atoms with Gasteiger partial charge in [-0.25, -0.2) is 14.6 Å². The molecule has 0 atom stereocenters. The number of benzene rings is 6. The highest BCUT2D eigenvalue weighted by Crippen LogP contribution is 2.36. The summed E-state index contributed by atoms with van der Waals surface area (Å²) in [6.45, 7) is 33.6. The van der Waals surface area contributed by atoms with Gasteiger partial charge in [0.15, 0.2) is 23.0 Å². The maximum absolute atomic E-state index is 13.1. The minimum atomic E-state index is -0.531. The molecule has 0 saturated carbocycles. The summed E-state index contributed by atoms with van der Waals surface area (Å²) < 4.78 is 58.6. The number of alkyl halides is 1. The van der Waals surface area contributed by atoms with Crippen LogP contribution in [0.3, 0.4) is 0 Å². The van der Waals surface area contributed by atoms with E-state index in [1.165, 1.54) is 14.2 Å². The zero-order valence-corrected chi connectivity index (χ0v) is 82.3. The number of halogens is 2. The number of nitrogens with two attached hydrogens (primary N) is 2. The SMILES string of the molecule is CC(C)(C)OC(=O)NCCBr.CC(C)(C)OC(=O)NCCn1cc(C(=O)NCCN2CCOCC2)c2ccccc21.COc1cc(C#N)c(N=C=S)cc1OC.COc1cc2nc(=S)n(CCn3cc(C(=O)NCCN4CCOCC4)c4ccccc43)c(N)c2cc1OC.NCCN1CCOCC1.O=C(Cl)c1c[nH]c2ccccc12.O=C(NCCN1CCOCC1)c1c[nH]c2ccccc12. The molecule has 6 aromatic carbocycles. The van der Waals surface area contributed by atoms with Gasteiger partial charge in [0.05, 0.1) is 125 Å². The lowest BCUT2D eigenvalue weighted by Gasteiger charge is -2.26. The molecule has 4 saturated heterocycles. The molecule has 0 unspecified atom stereocenters. The number of hydrogen-bond acceptors (Lipinski definition) is 27. The number of isothiocyanates is 1. The first-order valence-electron chi connectivity index (χ1n) is 44.5. The number of nitrogens with one attached hydrogen (secondary N) is 7. The highest BCUT2D eigenvalue weighted by molar-refractivity contribution is 9.09. The maximum Gasteiger partial charge on any atom is 0.407 e. The fourth-order valence-corrected chi connectivity index (χ4v) is 15.4. The third-order valence-corrected chi connectivity index (χ3v) is 22.4. The minimum Gasteiger partial charge on any atom is -0.493 e. The second kappa shape index (κ2) is 55.4. The van der Waals surface area contributed by atoms with E-state index in [9.17, 15) is 28.8 Å². The number of carbonyl (C=O) groups is 6. The summed E-state index contributed by atoms with van der Waals surface area (Å²) in [7, 11) is 6.16. The number of aryl methyl sites for hydroxylation is 1. The van der Waals surface area contributed by atoms with Crippen molar-refractivity contribution in [3.05, 3.63) is 179 Å². The number of methoxy groups -OCH3 is 4. The van der Waals surface area contributed by atoms with Crippen molar-refractivity contribution in [3.63, 3.8) is 0 Å². The lowest BCUT2D eigenvalue weighted by molar-refractivity contribution is 0.0382. The van der Waals surface area contributed by atoms with E-state index in [1.807, 2.05) is 168 Å². The van der Waals surface area contributed by atoms with E-state index in [0.29, 0.717) is 125 Å². The van der Waals surface area contributed by atoms with Crippen LogP contribution in [0.15, 0.2) is 151 Å². The summed E-state index contributed by atoms with van der Waals surface area (Å²) in [5.74, 6) is 2.43. The number of anilines is 1. The Bertz CT molecular complexity index is 5840. The number of nitriles is 1. The number of H-pyrrole nitrogens is 2. The standard InChI is InChI=1S/C27H32N6O4S.C22H32N4O4.C15H19N3O2.C10H8N2O2S.C9H6ClNO.C7H14BrNO2.C6H14N2O/c1-35-23-15-19-21(16-24(23)36-2)30-27(38)33(25(19)28)10-9-32-17-20(18-5-3-4-6-22(18)32)26(34)29-7-8-31-11-13-37-14-12-31;1-22(2,3)30-21(28)24-9-11-26-16-18(17-6-4-5-7-19(17)26)20(27)23-8-10-25-12-14-29-15-13-25;19-15(16-5-6-18-7-9-20-10-8-18)13-11-17-14-4-2-1-3-12(13)14;1-13-9-3-7(5-11)8(12-6-15)4-10(9)14-2;10-9(12)7-5-11-8-4-2-1-3-6(7)8;1-7(2,3)11-6(10)9-5-4-8;7-1-2-8-3-5-9-6-4-8/h3-6,15-17H,7-14,28H2,1-2H3,(H,29,34);4-7,16H,8-15H2,1-3H3,(H,23,27)(H,24,28);1-4,11,17H,5-10H2,(H,16,19);3-4H,1-2H3;1-5,11H;4-5H2,1-3H3,(H,9,10);1-7H2. The first kappa shape index (κ1) is 107. The number of morpholine rings is 4. The quantitative estimate of drug-likeness (QED) is 0.00951. The Morgan fingerprint density at radius 3 is 1.32 bits per heavy atom. The number of amides is 5. The molecule has 4 fully saturated rings. The molecule has 39 heteroatoms. The third kappa shape index (κ3) is 33.7. The number of nitrogens with zero attached hydrogens (tertiary/aromatic N) is 10. The fraction of sp³-hybridized carbons (Fsp3) is 0.438. The molecule has 0 aliphatic carbocycles. The topological polar surface area (TPSA) is 415 Å². The van der Waals surface area contributed by atoms with E-state index in [1.54, 1.807) is 49.4 Å². The third-order valence-electron chi connectivity index (χ3n) is 21.4. The number of carbonyl (C=O) groups excluding carboxylic acids is 6. The Morgan fingerprint density at radius 1 is 0.504 bits per heavy atom. The molecule has 4 aliphatic rings. The van der Waals surface area contributed by atoms with Gasteiger partial charge < -0.3 is 109 Å². The van der Waals surface area contributed by atoms with Crippen LogP contribution in [0.4, 0.5) is 21.1 Å². The van der Waals surface area contributed by atoms with Gasteiger partial charge in [-0.05, 0) is 108 Å². The lowest BCUT2D eigenvalue weighted by atomic mass is 10.1. The first-order valence-corrected chi connectivity index (χ1v) is 46.8. The van der Waals surface area contributed by atoms with Gasteiger partial charge in [0.25, 0.3) is 23.0 Å². The molecule has 726 valence electrons. The number of aromatic amines is 2. The molecule has 11 N–H and O–H groups in total. The molecular weight excluding hydrogens is 1850 g/mol. The minimum absolute atomic E-state index is 0.0179. The summed E-state index contributed by atoms with van der Waals surface area (Å²) >= 11 is 18.6. The Morgan fingerprint density at radius 2 is 0.889 bits per heavy atom. The molecule has 9 heterocycles. The van der Waals surface area contributed by atoms with Crippen molar-refractivity contribution in [1.82, 2.24) is 74.8 Å². The van der Waals surface area contributed by atoms with Crippen LogP contribution >= 0.6 is 52.0 Å². The predicted molar refractivity (Wildman–Crippen MR) is 535 cm³/mol. The molecule has 0 bridgehead atoms. The lowest BCUT2D eigenvalue weighted by Crippen LogP contribution is -2.41. The van der Waals surface area contributed by atoms with E-state index >= 15 is 0 Å². The Hall–Kier alpha value is -11.6. The highest BCUT2D eigenvalue weighted by atomic mass is 79.9. The van der Waals surface area contributed by atoms with Crippen LogP contribution < -0.4 is 57.0 Å². The molecule has 15 rings (SSSR count). The molecule has 4 aliphatic heterocycles. The molecule has 11 aromatic rings. The average molecular weight is 1980 g/mol. The molecular formula is C96H125BrClN19O16S2. The Labute approximate surface area is 810 Å². The first-order chi connectivity index (χ1) is 65.1.